The summed E-state index contributed by atoms with van der Waals surface area (Å²) in [7, 11) is 0. The SMILES string of the molecule is CC(=O)OCC(=O)Nc1ccccc1CNC(=S)NCc1ccnc2[nH]ccc12. The molecule has 1 aromatic carbocycles. The Kier molecular flexibility index (Phi) is 6.75. The van der Waals surface area contributed by atoms with Crippen LogP contribution in [0.2, 0.25) is 0 Å². The van der Waals surface area contributed by atoms with Gasteiger partial charge in [-0.25, -0.2) is 4.98 Å². The van der Waals surface area contributed by atoms with E-state index in [1.807, 2.05) is 36.5 Å². The molecule has 0 spiro atoms. The number of amides is 1. The number of thiocarbonyl (C=S) groups is 1. The number of aromatic amines is 1. The zero-order valence-corrected chi connectivity index (χ0v) is 16.6. The molecule has 2 heterocycles. The number of anilines is 1. The fraction of sp³-hybridized carbons (Fsp3) is 0.200. The van der Waals surface area contributed by atoms with E-state index >= 15 is 0 Å². The Hall–Kier alpha value is -3.46. The van der Waals surface area contributed by atoms with Crippen molar-refractivity contribution in [2.75, 3.05) is 11.9 Å². The third kappa shape index (κ3) is 5.76. The molecule has 4 N–H and O–H groups in total. The molecule has 1 amide bonds. The van der Waals surface area contributed by atoms with Crippen molar-refractivity contribution in [1.82, 2.24) is 20.6 Å². The Balaban J connectivity index is 1.53. The van der Waals surface area contributed by atoms with Gasteiger partial charge in [-0.2, -0.15) is 0 Å². The summed E-state index contributed by atoms with van der Waals surface area (Å²) >= 11 is 5.37. The van der Waals surface area contributed by atoms with Crippen molar-refractivity contribution in [2.45, 2.75) is 20.0 Å². The molecule has 0 aliphatic heterocycles. The highest BCUT2D eigenvalue weighted by molar-refractivity contribution is 7.80. The number of hydrogen-bond donors (Lipinski definition) is 4. The summed E-state index contributed by atoms with van der Waals surface area (Å²) in [6.45, 7) is 1.91. The van der Waals surface area contributed by atoms with E-state index in [-0.39, 0.29) is 6.61 Å². The van der Waals surface area contributed by atoms with Gasteiger partial charge in [0.25, 0.3) is 5.91 Å². The number of fused-ring (bicyclic) bond motifs is 1. The maximum Gasteiger partial charge on any atom is 0.303 e. The molecular weight excluding hydrogens is 390 g/mol. The first-order chi connectivity index (χ1) is 14.0. The van der Waals surface area contributed by atoms with Crippen molar-refractivity contribution in [1.29, 1.82) is 0 Å². The topological polar surface area (TPSA) is 108 Å². The van der Waals surface area contributed by atoms with Gasteiger partial charge >= 0.3 is 5.97 Å². The molecule has 3 rings (SSSR count). The number of rotatable bonds is 7. The number of carbonyl (C=O) groups excluding carboxylic acids is 2. The molecule has 2 aromatic heterocycles. The molecule has 0 saturated carbocycles. The molecular formula is C20H21N5O3S. The molecule has 3 aromatic rings. The van der Waals surface area contributed by atoms with E-state index in [1.54, 1.807) is 12.3 Å². The Bertz CT molecular complexity index is 1030. The standard InChI is InChI=1S/C20H21N5O3S/c1-13(26)28-12-18(27)25-17-5-3-2-4-15(17)11-24-20(29)23-10-14-6-8-21-19-16(14)7-9-22-19/h2-9H,10-12H2,1H3,(H,21,22)(H,25,27)(H2,23,24,29). The van der Waals surface area contributed by atoms with Crippen molar-refractivity contribution in [3.05, 3.63) is 59.9 Å². The van der Waals surface area contributed by atoms with Crippen LogP contribution in [-0.2, 0) is 27.4 Å². The number of ether oxygens (including phenoxy) is 1. The fourth-order valence-corrected chi connectivity index (χ4v) is 2.88. The molecule has 0 aliphatic rings. The highest BCUT2D eigenvalue weighted by Gasteiger charge is 2.09. The summed E-state index contributed by atoms with van der Waals surface area (Å²) in [5.74, 6) is -0.904. The zero-order valence-electron chi connectivity index (χ0n) is 15.8. The van der Waals surface area contributed by atoms with E-state index in [4.69, 9.17) is 17.0 Å². The molecule has 0 atom stereocenters. The smallest absolute Gasteiger partial charge is 0.303 e. The van der Waals surface area contributed by atoms with Crippen LogP contribution in [0, 0.1) is 0 Å². The minimum atomic E-state index is -0.502. The molecule has 0 fully saturated rings. The van der Waals surface area contributed by atoms with Gasteiger partial charge in [0.05, 0.1) is 0 Å². The van der Waals surface area contributed by atoms with Crippen molar-refractivity contribution in [3.8, 4) is 0 Å². The number of para-hydroxylation sites is 1. The number of H-pyrrole nitrogens is 1. The van der Waals surface area contributed by atoms with E-state index in [9.17, 15) is 9.59 Å². The van der Waals surface area contributed by atoms with E-state index in [1.165, 1.54) is 6.92 Å². The normalized spacial score (nSPS) is 10.4. The lowest BCUT2D eigenvalue weighted by molar-refractivity contribution is -0.144. The summed E-state index contributed by atoms with van der Waals surface area (Å²) in [6.07, 6.45) is 3.60. The second kappa shape index (κ2) is 9.65. The summed E-state index contributed by atoms with van der Waals surface area (Å²) in [4.78, 5) is 30.1. The van der Waals surface area contributed by atoms with Crippen LogP contribution < -0.4 is 16.0 Å². The number of benzene rings is 1. The van der Waals surface area contributed by atoms with E-state index in [0.717, 1.165) is 22.2 Å². The lowest BCUT2D eigenvalue weighted by atomic mass is 10.1. The van der Waals surface area contributed by atoms with Crippen LogP contribution in [0.3, 0.4) is 0 Å². The lowest BCUT2D eigenvalue weighted by Gasteiger charge is -2.14. The Morgan fingerprint density at radius 2 is 1.86 bits per heavy atom. The van der Waals surface area contributed by atoms with Gasteiger partial charge < -0.3 is 25.7 Å². The molecule has 0 unspecified atom stereocenters. The number of nitrogens with zero attached hydrogens (tertiary/aromatic N) is 1. The number of carbonyl (C=O) groups is 2. The van der Waals surface area contributed by atoms with E-state index in [2.05, 4.69) is 25.9 Å². The molecule has 0 aliphatic carbocycles. The molecule has 0 radical (unpaired) electrons. The van der Waals surface area contributed by atoms with Crippen LogP contribution in [-0.4, -0.2) is 33.6 Å². The summed E-state index contributed by atoms with van der Waals surface area (Å²) in [5.41, 5.74) is 3.40. The first-order valence-electron chi connectivity index (χ1n) is 8.96. The van der Waals surface area contributed by atoms with Crippen molar-refractivity contribution in [3.63, 3.8) is 0 Å². The van der Waals surface area contributed by atoms with Gasteiger partial charge in [0.2, 0.25) is 0 Å². The van der Waals surface area contributed by atoms with Gasteiger partial charge in [-0.05, 0) is 41.5 Å². The molecule has 8 nitrogen and oxygen atoms in total. The van der Waals surface area contributed by atoms with Crippen LogP contribution in [0.25, 0.3) is 11.0 Å². The average molecular weight is 411 g/mol. The first-order valence-corrected chi connectivity index (χ1v) is 9.37. The average Bonchev–Trinajstić information content (AvgIpc) is 3.19. The second-order valence-corrected chi connectivity index (χ2v) is 6.64. The Morgan fingerprint density at radius 3 is 2.66 bits per heavy atom. The lowest BCUT2D eigenvalue weighted by Crippen LogP contribution is -2.34. The molecule has 150 valence electrons. The quantitative estimate of drug-likeness (QED) is 0.349. The fourth-order valence-electron chi connectivity index (χ4n) is 2.74. The van der Waals surface area contributed by atoms with Gasteiger partial charge in [0.1, 0.15) is 5.65 Å². The van der Waals surface area contributed by atoms with Crippen LogP contribution in [0.4, 0.5) is 5.69 Å². The van der Waals surface area contributed by atoms with Gasteiger partial charge in [0.15, 0.2) is 11.7 Å². The predicted octanol–water partition coefficient (Wildman–Crippen LogP) is 2.23. The zero-order chi connectivity index (χ0) is 20.6. The monoisotopic (exact) mass is 411 g/mol. The number of aromatic nitrogens is 2. The second-order valence-electron chi connectivity index (χ2n) is 6.23. The number of hydrogen-bond acceptors (Lipinski definition) is 5. The van der Waals surface area contributed by atoms with Crippen LogP contribution in [0.15, 0.2) is 48.8 Å². The summed E-state index contributed by atoms with van der Waals surface area (Å²) in [5, 5.41) is 10.6. The third-order valence-corrected chi connectivity index (χ3v) is 4.42. The van der Waals surface area contributed by atoms with E-state index < -0.39 is 11.9 Å². The van der Waals surface area contributed by atoms with Gasteiger partial charge in [-0.1, -0.05) is 18.2 Å². The largest absolute Gasteiger partial charge is 0.456 e. The highest BCUT2D eigenvalue weighted by Crippen LogP contribution is 2.16. The van der Waals surface area contributed by atoms with Crippen molar-refractivity contribution < 1.29 is 14.3 Å². The number of nitrogens with one attached hydrogen (secondary N) is 4. The maximum atomic E-state index is 11.9. The minimum Gasteiger partial charge on any atom is -0.456 e. The van der Waals surface area contributed by atoms with Crippen LogP contribution >= 0.6 is 12.2 Å². The van der Waals surface area contributed by atoms with Gasteiger partial charge in [-0.15, -0.1) is 0 Å². The minimum absolute atomic E-state index is 0.323. The Labute approximate surface area is 173 Å². The molecule has 0 saturated heterocycles. The highest BCUT2D eigenvalue weighted by atomic mass is 32.1. The van der Waals surface area contributed by atoms with Gasteiger partial charge in [-0.3, -0.25) is 9.59 Å². The summed E-state index contributed by atoms with van der Waals surface area (Å²) in [6, 6.07) is 11.3. The number of esters is 1. The van der Waals surface area contributed by atoms with Crippen LogP contribution in [0.5, 0.6) is 0 Å². The molecule has 0 bridgehead atoms. The maximum absolute atomic E-state index is 11.9. The van der Waals surface area contributed by atoms with Crippen molar-refractivity contribution in [2.24, 2.45) is 0 Å². The van der Waals surface area contributed by atoms with Crippen LogP contribution in [0.1, 0.15) is 18.1 Å². The third-order valence-electron chi connectivity index (χ3n) is 4.13. The number of pyridine rings is 1. The van der Waals surface area contributed by atoms with E-state index in [0.29, 0.717) is 23.9 Å². The Morgan fingerprint density at radius 1 is 1.10 bits per heavy atom. The summed E-state index contributed by atoms with van der Waals surface area (Å²) < 4.78 is 4.71. The molecule has 9 heteroatoms. The van der Waals surface area contributed by atoms with Crippen molar-refractivity contribution >= 4 is 45.9 Å². The first kappa shape index (κ1) is 20.3. The molecule has 29 heavy (non-hydrogen) atoms. The van der Waals surface area contributed by atoms with Gasteiger partial charge in [0, 0.05) is 43.5 Å². The predicted molar refractivity (Wildman–Crippen MR) is 114 cm³/mol.